The van der Waals surface area contributed by atoms with Gasteiger partial charge in [-0.05, 0) is 57.0 Å². The number of amides is 1. The van der Waals surface area contributed by atoms with Crippen molar-refractivity contribution in [3.63, 3.8) is 0 Å². The summed E-state index contributed by atoms with van der Waals surface area (Å²) in [5, 5.41) is 3.38. The van der Waals surface area contributed by atoms with Gasteiger partial charge in [-0.3, -0.25) is 9.69 Å². The van der Waals surface area contributed by atoms with Crippen molar-refractivity contribution in [3.05, 3.63) is 30.1 Å². The van der Waals surface area contributed by atoms with E-state index in [0.717, 1.165) is 77.2 Å². The number of hydrogen-bond donors (Lipinski definition) is 1. The Labute approximate surface area is 185 Å². The maximum absolute atomic E-state index is 13.4. The molecule has 1 amide bonds. The molecule has 1 atom stereocenters. The standard InChI is InChI=1S/C21H31FN4O.2ClH/c1-24-19(16-21(20(24)27)6-8-23-9-7-21)5-10-25-11-13-26(14-12-25)18-4-2-3-17(22)15-18;;/h2-4,15,19,23H,5-14,16H2,1H3;2*1H/t19-;;/m0../s1. The summed E-state index contributed by atoms with van der Waals surface area (Å²) in [5.41, 5.74) is 0.879. The summed E-state index contributed by atoms with van der Waals surface area (Å²) in [5.74, 6) is 0.195. The van der Waals surface area contributed by atoms with Crippen LogP contribution in [0, 0.1) is 11.2 Å². The SMILES string of the molecule is CN1C(=O)C2(CCNCC2)C[C@@H]1CCN1CCN(c2cccc(F)c2)CC1.Cl.Cl. The van der Waals surface area contributed by atoms with Crippen LogP contribution >= 0.6 is 24.8 Å². The molecule has 164 valence electrons. The van der Waals surface area contributed by atoms with E-state index in [-0.39, 0.29) is 36.0 Å². The molecule has 3 saturated heterocycles. The van der Waals surface area contributed by atoms with E-state index in [1.807, 2.05) is 18.0 Å². The van der Waals surface area contributed by atoms with E-state index in [1.54, 1.807) is 12.1 Å². The first kappa shape index (κ1) is 24.2. The molecular formula is C21H33Cl2FN4O. The van der Waals surface area contributed by atoms with E-state index in [1.165, 1.54) is 6.07 Å². The number of carbonyl (C=O) groups is 1. The molecule has 3 aliphatic rings. The summed E-state index contributed by atoms with van der Waals surface area (Å²) >= 11 is 0. The van der Waals surface area contributed by atoms with Gasteiger partial charge in [0.1, 0.15) is 5.82 Å². The molecule has 0 unspecified atom stereocenters. The van der Waals surface area contributed by atoms with Gasteiger partial charge >= 0.3 is 0 Å². The van der Waals surface area contributed by atoms with Crippen molar-refractivity contribution in [1.29, 1.82) is 0 Å². The van der Waals surface area contributed by atoms with Crippen molar-refractivity contribution >= 4 is 36.4 Å². The zero-order valence-electron chi connectivity index (χ0n) is 17.1. The van der Waals surface area contributed by atoms with Crippen LogP contribution in [0.5, 0.6) is 0 Å². The van der Waals surface area contributed by atoms with Crippen molar-refractivity contribution in [1.82, 2.24) is 15.1 Å². The Hall–Kier alpha value is -1.08. The molecule has 0 aromatic heterocycles. The van der Waals surface area contributed by atoms with E-state index in [9.17, 15) is 9.18 Å². The van der Waals surface area contributed by atoms with E-state index in [4.69, 9.17) is 0 Å². The Morgan fingerprint density at radius 1 is 1.14 bits per heavy atom. The molecule has 1 N–H and O–H groups in total. The molecule has 0 radical (unpaired) electrons. The van der Waals surface area contributed by atoms with Gasteiger partial charge in [-0.15, -0.1) is 24.8 Å². The first-order valence-corrected chi connectivity index (χ1v) is 10.3. The van der Waals surface area contributed by atoms with Crippen LogP contribution in [0.15, 0.2) is 24.3 Å². The number of piperazine rings is 1. The van der Waals surface area contributed by atoms with Crippen LogP contribution < -0.4 is 10.2 Å². The number of anilines is 1. The van der Waals surface area contributed by atoms with Crippen LogP contribution in [0.2, 0.25) is 0 Å². The minimum absolute atomic E-state index is 0. The largest absolute Gasteiger partial charge is 0.369 e. The fraction of sp³-hybridized carbons (Fsp3) is 0.667. The maximum Gasteiger partial charge on any atom is 0.228 e. The van der Waals surface area contributed by atoms with E-state index >= 15 is 0 Å². The van der Waals surface area contributed by atoms with E-state index < -0.39 is 0 Å². The maximum atomic E-state index is 13.4. The highest BCUT2D eigenvalue weighted by Gasteiger charge is 2.49. The monoisotopic (exact) mass is 446 g/mol. The first-order chi connectivity index (χ1) is 13.1. The van der Waals surface area contributed by atoms with E-state index in [2.05, 4.69) is 15.1 Å². The van der Waals surface area contributed by atoms with Crippen LogP contribution in [0.1, 0.15) is 25.7 Å². The second-order valence-electron chi connectivity index (χ2n) is 8.40. The second kappa shape index (κ2) is 10.3. The van der Waals surface area contributed by atoms with Gasteiger partial charge in [-0.25, -0.2) is 4.39 Å². The molecule has 29 heavy (non-hydrogen) atoms. The smallest absolute Gasteiger partial charge is 0.228 e. The van der Waals surface area contributed by atoms with Gasteiger partial charge in [0.05, 0.1) is 5.41 Å². The quantitative estimate of drug-likeness (QED) is 0.771. The number of piperidine rings is 1. The first-order valence-electron chi connectivity index (χ1n) is 10.3. The molecule has 3 aliphatic heterocycles. The second-order valence-corrected chi connectivity index (χ2v) is 8.40. The van der Waals surface area contributed by atoms with Crippen LogP contribution in [0.25, 0.3) is 0 Å². The topological polar surface area (TPSA) is 38.8 Å². The molecule has 3 heterocycles. The number of benzene rings is 1. The summed E-state index contributed by atoms with van der Waals surface area (Å²) in [6, 6.07) is 7.25. The lowest BCUT2D eigenvalue weighted by Crippen LogP contribution is -2.47. The van der Waals surface area contributed by atoms with Crippen molar-refractivity contribution < 1.29 is 9.18 Å². The minimum Gasteiger partial charge on any atom is -0.369 e. The Kier molecular flexibility index (Phi) is 8.59. The third kappa shape index (κ3) is 5.16. The number of rotatable bonds is 4. The number of halogens is 3. The summed E-state index contributed by atoms with van der Waals surface area (Å²) in [6.07, 6.45) is 4.04. The molecule has 1 aromatic rings. The lowest BCUT2D eigenvalue weighted by atomic mass is 9.76. The van der Waals surface area contributed by atoms with Gasteiger partial charge in [-0.1, -0.05) is 6.07 Å². The Morgan fingerprint density at radius 3 is 2.48 bits per heavy atom. The normalized spacial score (nSPS) is 24.3. The van der Waals surface area contributed by atoms with Crippen LogP contribution in [-0.4, -0.2) is 74.6 Å². The van der Waals surface area contributed by atoms with Crippen LogP contribution in [-0.2, 0) is 4.79 Å². The summed E-state index contributed by atoms with van der Waals surface area (Å²) < 4.78 is 13.4. The molecule has 0 aliphatic carbocycles. The highest BCUT2D eigenvalue weighted by atomic mass is 35.5. The lowest BCUT2D eigenvalue weighted by Gasteiger charge is -2.36. The van der Waals surface area contributed by atoms with Gasteiger partial charge in [0, 0.05) is 51.5 Å². The zero-order chi connectivity index (χ0) is 18.9. The summed E-state index contributed by atoms with van der Waals surface area (Å²) in [6.45, 7) is 6.82. The molecule has 1 spiro atoms. The third-order valence-electron chi connectivity index (χ3n) is 6.83. The average molecular weight is 447 g/mol. The number of carbonyl (C=O) groups excluding carboxylic acids is 1. The predicted octanol–water partition coefficient (Wildman–Crippen LogP) is 2.78. The van der Waals surface area contributed by atoms with Crippen molar-refractivity contribution in [2.75, 3.05) is 57.8 Å². The Balaban J connectivity index is 0.00000150. The highest BCUT2D eigenvalue weighted by Crippen LogP contribution is 2.43. The zero-order valence-corrected chi connectivity index (χ0v) is 18.7. The fourth-order valence-corrected chi connectivity index (χ4v) is 5.07. The minimum atomic E-state index is -0.171. The molecule has 4 rings (SSSR count). The number of hydrogen-bond acceptors (Lipinski definition) is 4. The number of likely N-dealkylation sites (tertiary alicyclic amines) is 1. The number of nitrogens with zero attached hydrogens (tertiary/aromatic N) is 3. The average Bonchev–Trinajstić information content (AvgIpc) is 2.92. The Bertz CT molecular complexity index is 678. The summed E-state index contributed by atoms with van der Waals surface area (Å²) in [4.78, 5) is 19.6. The molecular weight excluding hydrogens is 414 g/mol. The number of nitrogens with one attached hydrogen (secondary N) is 1. The van der Waals surface area contributed by atoms with Gasteiger partial charge < -0.3 is 15.1 Å². The van der Waals surface area contributed by atoms with Crippen LogP contribution in [0.4, 0.5) is 10.1 Å². The van der Waals surface area contributed by atoms with Crippen LogP contribution in [0.3, 0.4) is 0 Å². The summed E-state index contributed by atoms with van der Waals surface area (Å²) in [7, 11) is 1.99. The molecule has 8 heteroatoms. The molecule has 1 aromatic carbocycles. The Morgan fingerprint density at radius 2 is 1.83 bits per heavy atom. The fourth-order valence-electron chi connectivity index (χ4n) is 5.07. The molecule has 0 saturated carbocycles. The van der Waals surface area contributed by atoms with Gasteiger partial charge in [-0.2, -0.15) is 0 Å². The van der Waals surface area contributed by atoms with Gasteiger partial charge in [0.25, 0.3) is 0 Å². The van der Waals surface area contributed by atoms with Gasteiger partial charge in [0.15, 0.2) is 0 Å². The molecule has 5 nitrogen and oxygen atoms in total. The molecule has 3 fully saturated rings. The highest BCUT2D eigenvalue weighted by molar-refractivity contribution is 5.86. The van der Waals surface area contributed by atoms with E-state index in [0.29, 0.717) is 11.9 Å². The lowest BCUT2D eigenvalue weighted by molar-refractivity contribution is -0.136. The van der Waals surface area contributed by atoms with Crippen molar-refractivity contribution in [2.24, 2.45) is 5.41 Å². The van der Waals surface area contributed by atoms with Crippen molar-refractivity contribution in [2.45, 2.75) is 31.7 Å². The van der Waals surface area contributed by atoms with Gasteiger partial charge in [0.2, 0.25) is 5.91 Å². The van der Waals surface area contributed by atoms with Crippen molar-refractivity contribution in [3.8, 4) is 0 Å². The predicted molar refractivity (Wildman–Crippen MR) is 120 cm³/mol. The third-order valence-corrected chi connectivity index (χ3v) is 6.83. The molecule has 0 bridgehead atoms.